The van der Waals surface area contributed by atoms with E-state index < -0.39 is 0 Å². The van der Waals surface area contributed by atoms with Crippen LogP contribution in [-0.4, -0.2) is 9.97 Å². The summed E-state index contributed by atoms with van der Waals surface area (Å²) >= 11 is 1.52. The highest BCUT2D eigenvalue weighted by atomic mass is 32.2. The maximum absolute atomic E-state index is 12.8. The second-order valence-corrected chi connectivity index (χ2v) is 5.22. The number of aromatic nitrogens is 2. The van der Waals surface area contributed by atoms with E-state index >= 15 is 0 Å². The number of nitrogens with one attached hydrogen (secondary N) is 1. The Morgan fingerprint density at radius 2 is 2.05 bits per heavy atom. The third kappa shape index (κ3) is 4.21. The van der Waals surface area contributed by atoms with Gasteiger partial charge < -0.3 is 4.98 Å². The number of nitrogens with zero attached hydrogens (tertiary/aromatic N) is 1. The molecule has 0 aliphatic rings. The lowest BCUT2D eigenvalue weighted by Crippen LogP contribution is -2.12. The highest BCUT2D eigenvalue weighted by Gasteiger charge is 2.02. The van der Waals surface area contributed by atoms with Gasteiger partial charge in [-0.2, -0.15) is 0 Å². The minimum Gasteiger partial charge on any atom is -0.310 e. The average Bonchev–Trinajstić information content (AvgIpc) is 2.38. The van der Waals surface area contributed by atoms with Crippen molar-refractivity contribution in [1.29, 1.82) is 0 Å². The van der Waals surface area contributed by atoms with E-state index in [1.807, 2.05) is 0 Å². The molecule has 0 bridgehead atoms. The molecule has 3 nitrogen and oxygen atoms in total. The van der Waals surface area contributed by atoms with Crippen molar-refractivity contribution in [2.24, 2.45) is 0 Å². The van der Waals surface area contributed by atoms with Crippen LogP contribution in [-0.2, 0) is 12.2 Å². The van der Waals surface area contributed by atoms with Gasteiger partial charge in [-0.3, -0.25) is 4.79 Å². The standard InChI is InChI=1S/C14H15FN2OS/c1-2-3-11-8-14(18)17-13(16-11)9-19-12-6-4-10(15)5-7-12/h4-8H,2-3,9H2,1H3,(H,16,17,18). The van der Waals surface area contributed by atoms with Gasteiger partial charge in [-0.1, -0.05) is 13.3 Å². The highest BCUT2D eigenvalue weighted by molar-refractivity contribution is 7.98. The molecule has 100 valence electrons. The number of H-pyrrole nitrogens is 1. The van der Waals surface area contributed by atoms with Gasteiger partial charge in [0.05, 0.1) is 5.75 Å². The number of benzene rings is 1. The van der Waals surface area contributed by atoms with E-state index in [-0.39, 0.29) is 11.4 Å². The third-order valence-corrected chi connectivity index (χ3v) is 3.56. The van der Waals surface area contributed by atoms with Crippen LogP contribution in [0.5, 0.6) is 0 Å². The molecule has 0 saturated heterocycles. The maximum Gasteiger partial charge on any atom is 0.251 e. The van der Waals surface area contributed by atoms with Gasteiger partial charge in [0, 0.05) is 16.7 Å². The predicted octanol–water partition coefficient (Wildman–Crippen LogP) is 3.15. The molecule has 19 heavy (non-hydrogen) atoms. The molecule has 0 saturated carbocycles. The largest absolute Gasteiger partial charge is 0.310 e. The molecule has 0 fully saturated rings. The monoisotopic (exact) mass is 278 g/mol. The van der Waals surface area contributed by atoms with Crippen LogP contribution in [0.2, 0.25) is 0 Å². The Hall–Kier alpha value is -1.62. The Labute approximate surface area is 115 Å². The number of aryl methyl sites for hydroxylation is 1. The Morgan fingerprint density at radius 3 is 2.74 bits per heavy atom. The summed E-state index contributed by atoms with van der Waals surface area (Å²) in [4.78, 5) is 19.6. The molecule has 1 aromatic heterocycles. The SMILES string of the molecule is CCCc1cc(=O)[nH]c(CSc2ccc(F)cc2)n1. The first-order chi connectivity index (χ1) is 9.17. The summed E-state index contributed by atoms with van der Waals surface area (Å²) in [6.45, 7) is 2.05. The van der Waals surface area contributed by atoms with Crippen molar-refractivity contribution in [2.45, 2.75) is 30.4 Å². The summed E-state index contributed by atoms with van der Waals surface area (Å²) < 4.78 is 12.8. The lowest BCUT2D eigenvalue weighted by Gasteiger charge is -2.04. The number of hydrogen-bond acceptors (Lipinski definition) is 3. The fourth-order valence-electron chi connectivity index (χ4n) is 1.70. The molecule has 2 rings (SSSR count). The fourth-order valence-corrected chi connectivity index (χ4v) is 2.47. The summed E-state index contributed by atoms with van der Waals surface area (Å²) in [5.41, 5.74) is 0.703. The first kappa shape index (κ1) is 13.8. The van der Waals surface area contributed by atoms with E-state index in [0.717, 1.165) is 23.4 Å². The van der Waals surface area contributed by atoms with Gasteiger partial charge in [-0.05, 0) is 30.7 Å². The minimum atomic E-state index is -0.249. The zero-order valence-electron chi connectivity index (χ0n) is 10.6. The second kappa shape index (κ2) is 6.52. The molecule has 0 aliphatic carbocycles. The molecule has 0 amide bonds. The van der Waals surface area contributed by atoms with Gasteiger partial charge in [0.25, 0.3) is 5.56 Å². The molecule has 0 unspecified atom stereocenters. The summed E-state index contributed by atoms with van der Waals surface area (Å²) in [6.07, 6.45) is 1.76. The highest BCUT2D eigenvalue weighted by Crippen LogP contribution is 2.21. The van der Waals surface area contributed by atoms with E-state index in [2.05, 4.69) is 16.9 Å². The van der Waals surface area contributed by atoms with Crippen LogP contribution in [0.3, 0.4) is 0 Å². The van der Waals surface area contributed by atoms with Crippen molar-refractivity contribution < 1.29 is 4.39 Å². The van der Waals surface area contributed by atoms with Crippen molar-refractivity contribution in [3.8, 4) is 0 Å². The quantitative estimate of drug-likeness (QED) is 0.855. The Kier molecular flexibility index (Phi) is 4.74. The summed E-state index contributed by atoms with van der Waals surface area (Å²) in [7, 11) is 0. The molecule has 5 heteroatoms. The molecule has 2 aromatic rings. The fraction of sp³-hybridized carbons (Fsp3) is 0.286. The number of hydrogen-bond donors (Lipinski definition) is 1. The molecule has 0 radical (unpaired) electrons. The van der Waals surface area contributed by atoms with Crippen LogP contribution in [0.1, 0.15) is 24.9 Å². The van der Waals surface area contributed by atoms with Gasteiger partial charge >= 0.3 is 0 Å². The van der Waals surface area contributed by atoms with Gasteiger partial charge in [0.2, 0.25) is 0 Å². The van der Waals surface area contributed by atoms with Gasteiger partial charge in [-0.25, -0.2) is 9.37 Å². The lowest BCUT2D eigenvalue weighted by atomic mass is 10.2. The number of aromatic amines is 1. The Bertz CT molecular complexity index is 595. The van der Waals surface area contributed by atoms with Crippen molar-refractivity contribution >= 4 is 11.8 Å². The zero-order valence-corrected chi connectivity index (χ0v) is 11.5. The predicted molar refractivity (Wildman–Crippen MR) is 74.8 cm³/mol. The van der Waals surface area contributed by atoms with Crippen molar-refractivity contribution in [3.63, 3.8) is 0 Å². The topological polar surface area (TPSA) is 45.8 Å². The maximum atomic E-state index is 12.8. The van der Waals surface area contributed by atoms with Gasteiger partial charge in [0.15, 0.2) is 0 Å². The number of halogens is 1. The molecule has 1 N–H and O–H groups in total. The average molecular weight is 278 g/mol. The lowest BCUT2D eigenvalue weighted by molar-refractivity contribution is 0.626. The second-order valence-electron chi connectivity index (χ2n) is 4.18. The minimum absolute atomic E-state index is 0.117. The van der Waals surface area contributed by atoms with Crippen molar-refractivity contribution in [3.05, 3.63) is 58.0 Å². The zero-order chi connectivity index (χ0) is 13.7. The first-order valence-electron chi connectivity index (χ1n) is 6.15. The van der Waals surface area contributed by atoms with E-state index in [4.69, 9.17) is 0 Å². The molecule has 1 heterocycles. The normalized spacial score (nSPS) is 10.6. The smallest absolute Gasteiger partial charge is 0.251 e. The van der Waals surface area contributed by atoms with Crippen molar-refractivity contribution in [2.75, 3.05) is 0 Å². The molecular weight excluding hydrogens is 263 g/mol. The van der Waals surface area contributed by atoms with E-state index in [1.54, 1.807) is 12.1 Å². The van der Waals surface area contributed by atoms with Crippen molar-refractivity contribution in [1.82, 2.24) is 9.97 Å². The molecule has 0 spiro atoms. The summed E-state index contributed by atoms with van der Waals surface area (Å²) in [6, 6.07) is 7.82. The Morgan fingerprint density at radius 1 is 1.32 bits per heavy atom. The van der Waals surface area contributed by atoms with Crippen LogP contribution >= 0.6 is 11.8 Å². The first-order valence-corrected chi connectivity index (χ1v) is 7.13. The van der Waals surface area contributed by atoms with E-state index in [9.17, 15) is 9.18 Å². The van der Waals surface area contributed by atoms with Crippen LogP contribution < -0.4 is 5.56 Å². The van der Waals surface area contributed by atoms with Crippen LogP contribution in [0.4, 0.5) is 4.39 Å². The summed E-state index contributed by atoms with van der Waals surface area (Å²) in [5, 5.41) is 0. The van der Waals surface area contributed by atoms with Gasteiger partial charge in [-0.15, -0.1) is 11.8 Å². The van der Waals surface area contributed by atoms with Gasteiger partial charge in [0.1, 0.15) is 11.6 Å². The van der Waals surface area contributed by atoms with Crippen LogP contribution in [0.25, 0.3) is 0 Å². The molecule has 0 aliphatic heterocycles. The Balaban J connectivity index is 2.06. The molecule has 1 aromatic carbocycles. The van der Waals surface area contributed by atoms with Crippen LogP contribution in [0.15, 0.2) is 40.0 Å². The molecular formula is C14H15FN2OS. The number of rotatable bonds is 5. The third-order valence-electron chi connectivity index (χ3n) is 2.54. The van der Waals surface area contributed by atoms with E-state index in [0.29, 0.717) is 11.6 Å². The van der Waals surface area contributed by atoms with Crippen LogP contribution in [0, 0.1) is 5.82 Å². The summed E-state index contributed by atoms with van der Waals surface area (Å²) in [5.74, 6) is 0.976. The molecule has 0 atom stereocenters. The number of thioether (sulfide) groups is 1. The van der Waals surface area contributed by atoms with E-state index in [1.165, 1.54) is 30.0 Å².